The standard InChI is InChI=1S/C19H26N2O5S/c1-3-26-16-6-4-15(5-7-16)8-10-20-18(23)17-9-11-27(24,25)19(17)12-21(13-19)14(2)22/h4-7,17H,3,8-13H2,1-2H3,(H,20,23). The van der Waals surface area contributed by atoms with Crippen LogP contribution in [-0.2, 0) is 25.8 Å². The second kappa shape index (κ2) is 7.50. The molecule has 7 nitrogen and oxygen atoms in total. The van der Waals surface area contributed by atoms with Gasteiger partial charge in [0.15, 0.2) is 9.84 Å². The maximum absolute atomic E-state index is 12.6. The Labute approximate surface area is 160 Å². The number of nitrogens with one attached hydrogen (secondary N) is 1. The number of nitrogens with zero attached hydrogens (tertiary/aromatic N) is 1. The first-order valence-corrected chi connectivity index (χ1v) is 10.9. The van der Waals surface area contributed by atoms with Crippen molar-refractivity contribution in [3.05, 3.63) is 29.8 Å². The third-order valence-corrected chi connectivity index (χ3v) is 8.11. The molecule has 0 saturated carbocycles. The number of carbonyl (C=O) groups excluding carboxylic acids is 2. The zero-order valence-corrected chi connectivity index (χ0v) is 16.5. The van der Waals surface area contributed by atoms with Gasteiger partial charge in [0.05, 0.1) is 18.3 Å². The fourth-order valence-electron chi connectivity index (χ4n) is 3.94. The second-order valence-electron chi connectivity index (χ2n) is 7.22. The molecule has 148 valence electrons. The number of benzene rings is 1. The fraction of sp³-hybridized carbons (Fsp3) is 0.579. The summed E-state index contributed by atoms with van der Waals surface area (Å²) in [6, 6.07) is 7.69. The highest BCUT2D eigenvalue weighted by molar-refractivity contribution is 7.93. The molecule has 2 amide bonds. The normalized spacial score (nSPS) is 22.3. The molecule has 2 heterocycles. The summed E-state index contributed by atoms with van der Waals surface area (Å²) < 4.78 is 29.3. The van der Waals surface area contributed by atoms with Gasteiger partial charge in [0.2, 0.25) is 11.8 Å². The lowest BCUT2D eigenvalue weighted by Gasteiger charge is -2.49. The van der Waals surface area contributed by atoms with Crippen molar-refractivity contribution in [2.45, 2.75) is 31.4 Å². The molecule has 2 aliphatic heterocycles. The van der Waals surface area contributed by atoms with E-state index in [4.69, 9.17) is 4.74 Å². The third kappa shape index (κ3) is 3.67. The van der Waals surface area contributed by atoms with Gasteiger partial charge in [-0.2, -0.15) is 0 Å². The maximum Gasteiger partial charge on any atom is 0.224 e. The summed E-state index contributed by atoms with van der Waals surface area (Å²) in [7, 11) is -3.37. The molecule has 1 unspecified atom stereocenters. The van der Waals surface area contributed by atoms with Crippen LogP contribution in [0.4, 0.5) is 0 Å². The van der Waals surface area contributed by atoms with Crippen LogP contribution in [-0.4, -0.2) is 61.9 Å². The minimum atomic E-state index is -3.37. The van der Waals surface area contributed by atoms with Crippen LogP contribution in [0.5, 0.6) is 5.75 Å². The SMILES string of the molecule is CCOc1ccc(CCNC(=O)C2CCS(=O)(=O)C23CN(C(C)=O)C3)cc1. The van der Waals surface area contributed by atoms with E-state index in [1.165, 1.54) is 11.8 Å². The van der Waals surface area contributed by atoms with Gasteiger partial charge in [0.1, 0.15) is 10.5 Å². The van der Waals surface area contributed by atoms with Gasteiger partial charge in [-0.25, -0.2) is 8.42 Å². The Bertz CT molecular complexity index is 813. The Kier molecular flexibility index (Phi) is 5.46. The summed E-state index contributed by atoms with van der Waals surface area (Å²) in [4.78, 5) is 25.6. The molecule has 2 fully saturated rings. The van der Waals surface area contributed by atoms with E-state index in [2.05, 4.69) is 5.32 Å². The molecule has 3 rings (SSSR count). The topological polar surface area (TPSA) is 92.8 Å². The molecule has 1 aromatic carbocycles. The van der Waals surface area contributed by atoms with Crippen molar-refractivity contribution in [1.29, 1.82) is 0 Å². The summed E-state index contributed by atoms with van der Waals surface area (Å²) in [5.41, 5.74) is 1.07. The Morgan fingerprint density at radius 1 is 1.26 bits per heavy atom. The lowest BCUT2D eigenvalue weighted by Crippen LogP contribution is -2.69. The van der Waals surface area contributed by atoms with Crippen molar-refractivity contribution >= 4 is 21.7 Å². The Hall–Kier alpha value is -2.09. The molecule has 2 aliphatic rings. The minimum Gasteiger partial charge on any atom is -0.494 e. The Balaban J connectivity index is 1.57. The van der Waals surface area contributed by atoms with Gasteiger partial charge in [0, 0.05) is 26.6 Å². The number of hydrogen-bond acceptors (Lipinski definition) is 5. The average molecular weight is 394 g/mol. The first kappa shape index (κ1) is 19.7. The summed E-state index contributed by atoms with van der Waals surface area (Å²) >= 11 is 0. The highest BCUT2D eigenvalue weighted by Gasteiger charge is 2.64. The number of likely N-dealkylation sites (tertiary alicyclic amines) is 1. The van der Waals surface area contributed by atoms with Crippen LogP contribution >= 0.6 is 0 Å². The lowest BCUT2D eigenvalue weighted by molar-refractivity contribution is -0.138. The van der Waals surface area contributed by atoms with Crippen molar-refractivity contribution in [3.8, 4) is 5.75 Å². The van der Waals surface area contributed by atoms with Crippen molar-refractivity contribution in [3.63, 3.8) is 0 Å². The largest absolute Gasteiger partial charge is 0.494 e. The molecular formula is C19H26N2O5S. The highest BCUT2D eigenvalue weighted by atomic mass is 32.2. The van der Waals surface area contributed by atoms with Gasteiger partial charge < -0.3 is 15.0 Å². The Morgan fingerprint density at radius 2 is 1.93 bits per heavy atom. The predicted molar refractivity (Wildman–Crippen MR) is 101 cm³/mol. The molecule has 0 aromatic heterocycles. The number of hydrogen-bond donors (Lipinski definition) is 1. The van der Waals surface area contributed by atoms with Crippen LogP contribution in [0.1, 0.15) is 25.8 Å². The molecule has 1 aromatic rings. The Morgan fingerprint density at radius 3 is 2.52 bits per heavy atom. The number of carbonyl (C=O) groups is 2. The summed E-state index contributed by atoms with van der Waals surface area (Å²) in [6.45, 7) is 4.65. The zero-order valence-electron chi connectivity index (χ0n) is 15.7. The first-order chi connectivity index (χ1) is 12.8. The van der Waals surface area contributed by atoms with Crippen LogP contribution in [0.15, 0.2) is 24.3 Å². The molecule has 1 atom stereocenters. The molecule has 1 N–H and O–H groups in total. The van der Waals surface area contributed by atoms with E-state index in [0.29, 0.717) is 26.0 Å². The van der Waals surface area contributed by atoms with E-state index in [0.717, 1.165) is 11.3 Å². The van der Waals surface area contributed by atoms with Gasteiger partial charge in [-0.3, -0.25) is 9.59 Å². The summed E-state index contributed by atoms with van der Waals surface area (Å²) in [5.74, 6) is -0.153. The quantitative estimate of drug-likeness (QED) is 0.770. The zero-order chi connectivity index (χ0) is 19.7. The average Bonchev–Trinajstić information content (AvgIpc) is 2.86. The maximum atomic E-state index is 12.6. The minimum absolute atomic E-state index is 0.00964. The van der Waals surface area contributed by atoms with Crippen molar-refractivity contribution in [2.24, 2.45) is 5.92 Å². The van der Waals surface area contributed by atoms with E-state index in [1.54, 1.807) is 0 Å². The molecule has 0 bridgehead atoms. The monoisotopic (exact) mass is 394 g/mol. The molecule has 2 saturated heterocycles. The smallest absolute Gasteiger partial charge is 0.224 e. The van der Waals surface area contributed by atoms with Crippen LogP contribution in [0.3, 0.4) is 0 Å². The molecular weight excluding hydrogens is 368 g/mol. The molecule has 8 heteroatoms. The van der Waals surface area contributed by atoms with Gasteiger partial charge in [-0.15, -0.1) is 0 Å². The van der Waals surface area contributed by atoms with Gasteiger partial charge in [-0.1, -0.05) is 12.1 Å². The van der Waals surface area contributed by atoms with E-state index in [-0.39, 0.29) is 30.7 Å². The summed E-state index contributed by atoms with van der Waals surface area (Å²) in [6.07, 6.45) is 0.979. The number of amides is 2. The number of ether oxygens (including phenoxy) is 1. The van der Waals surface area contributed by atoms with Crippen molar-refractivity contribution in [1.82, 2.24) is 10.2 Å². The predicted octanol–water partition coefficient (Wildman–Crippen LogP) is 0.780. The second-order valence-corrected chi connectivity index (χ2v) is 9.67. The summed E-state index contributed by atoms with van der Waals surface area (Å²) in [5, 5.41) is 2.88. The highest BCUT2D eigenvalue weighted by Crippen LogP contribution is 2.44. The van der Waals surface area contributed by atoms with Crippen LogP contribution in [0, 0.1) is 5.92 Å². The van der Waals surface area contributed by atoms with Crippen molar-refractivity contribution < 1.29 is 22.7 Å². The van der Waals surface area contributed by atoms with Gasteiger partial charge in [-0.05, 0) is 37.5 Å². The van der Waals surface area contributed by atoms with Gasteiger partial charge >= 0.3 is 0 Å². The van der Waals surface area contributed by atoms with Crippen LogP contribution in [0.2, 0.25) is 0 Å². The van der Waals surface area contributed by atoms with Crippen LogP contribution in [0.25, 0.3) is 0 Å². The fourth-order valence-corrected chi connectivity index (χ4v) is 6.25. The van der Waals surface area contributed by atoms with Crippen molar-refractivity contribution in [2.75, 3.05) is 32.0 Å². The molecule has 0 radical (unpaired) electrons. The van der Waals surface area contributed by atoms with Gasteiger partial charge in [0.25, 0.3) is 0 Å². The molecule has 27 heavy (non-hydrogen) atoms. The van der Waals surface area contributed by atoms with E-state index >= 15 is 0 Å². The first-order valence-electron chi connectivity index (χ1n) is 9.26. The third-order valence-electron chi connectivity index (χ3n) is 5.56. The number of rotatable bonds is 6. The lowest BCUT2D eigenvalue weighted by atomic mass is 9.82. The van der Waals surface area contributed by atoms with E-state index in [9.17, 15) is 18.0 Å². The molecule has 1 spiro atoms. The molecule has 0 aliphatic carbocycles. The van der Waals surface area contributed by atoms with Crippen LogP contribution < -0.4 is 10.1 Å². The van der Waals surface area contributed by atoms with E-state index in [1.807, 2.05) is 31.2 Å². The van der Waals surface area contributed by atoms with E-state index < -0.39 is 20.5 Å². The number of sulfone groups is 1.